The third kappa shape index (κ3) is 4.59. The average molecular weight is 465 g/mol. The molecule has 0 radical (unpaired) electrons. The number of nitro benzene ring substituents is 1. The topological polar surface area (TPSA) is 109 Å². The van der Waals surface area contributed by atoms with Crippen LogP contribution in [0.3, 0.4) is 0 Å². The standard InChI is InChI=1S/C21H12N4O3S3/c22-12-14(10-13-4-1-5-15(11-13)25(27)28)20-23-18(16-6-2-8-29-16)21(31-20)24-19(26)17-7-3-9-30-17/h1-11H,(H,24,26). The summed E-state index contributed by atoms with van der Waals surface area (Å²) in [5.74, 6) is -0.246. The van der Waals surface area contributed by atoms with Gasteiger partial charge < -0.3 is 5.32 Å². The van der Waals surface area contributed by atoms with Crippen molar-refractivity contribution in [3.05, 3.63) is 84.9 Å². The third-order valence-electron chi connectivity index (χ3n) is 4.10. The zero-order valence-corrected chi connectivity index (χ0v) is 18.1. The summed E-state index contributed by atoms with van der Waals surface area (Å²) in [7, 11) is 0. The minimum absolute atomic E-state index is 0.0617. The van der Waals surface area contributed by atoms with Crippen LogP contribution >= 0.6 is 34.0 Å². The van der Waals surface area contributed by atoms with Gasteiger partial charge in [-0.05, 0) is 34.5 Å². The number of rotatable bonds is 6. The zero-order valence-electron chi connectivity index (χ0n) is 15.6. The van der Waals surface area contributed by atoms with Crippen LogP contribution < -0.4 is 5.32 Å². The van der Waals surface area contributed by atoms with E-state index in [4.69, 9.17) is 0 Å². The third-order valence-corrected chi connectivity index (χ3v) is 6.85. The van der Waals surface area contributed by atoms with Gasteiger partial charge in [0.15, 0.2) is 0 Å². The maximum atomic E-state index is 12.6. The van der Waals surface area contributed by atoms with Crippen LogP contribution in [0.15, 0.2) is 59.3 Å². The molecule has 10 heteroatoms. The quantitative estimate of drug-likeness (QED) is 0.209. The molecular formula is C21H12N4O3S3. The van der Waals surface area contributed by atoms with Crippen LogP contribution in [0.5, 0.6) is 0 Å². The van der Waals surface area contributed by atoms with Crippen molar-refractivity contribution in [2.75, 3.05) is 5.32 Å². The van der Waals surface area contributed by atoms with Gasteiger partial charge in [0.25, 0.3) is 11.6 Å². The Bertz CT molecular complexity index is 1320. The van der Waals surface area contributed by atoms with E-state index in [0.29, 0.717) is 26.1 Å². The first-order chi connectivity index (χ1) is 15.0. The minimum atomic E-state index is -0.486. The monoisotopic (exact) mass is 464 g/mol. The van der Waals surface area contributed by atoms with Crippen molar-refractivity contribution >= 4 is 62.3 Å². The molecule has 0 saturated carbocycles. The summed E-state index contributed by atoms with van der Waals surface area (Å²) in [5.41, 5.74) is 1.29. The number of thiophene rings is 2. The van der Waals surface area contributed by atoms with Crippen molar-refractivity contribution < 1.29 is 9.72 Å². The normalized spacial score (nSPS) is 11.1. The van der Waals surface area contributed by atoms with Gasteiger partial charge in [0, 0.05) is 12.1 Å². The fourth-order valence-electron chi connectivity index (χ4n) is 2.71. The maximum Gasteiger partial charge on any atom is 0.270 e. The number of carbonyl (C=O) groups excluding carboxylic acids is 1. The van der Waals surface area contributed by atoms with Crippen molar-refractivity contribution in [2.45, 2.75) is 0 Å². The highest BCUT2D eigenvalue weighted by Crippen LogP contribution is 2.38. The molecule has 7 nitrogen and oxygen atoms in total. The smallest absolute Gasteiger partial charge is 0.270 e. The number of benzene rings is 1. The lowest BCUT2D eigenvalue weighted by Crippen LogP contribution is -2.09. The Balaban J connectivity index is 1.74. The Morgan fingerprint density at radius 2 is 1.97 bits per heavy atom. The first-order valence-corrected chi connectivity index (χ1v) is 11.4. The average Bonchev–Trinajstić information content (AvgIpc) is 3.53. The van der Waals surface area contributed by atoms with Gasteiger partial charge in [0.1, 0.15) is 21.8 Å². The highest BCUT2D eigenvalue weighted by atomic mass is 32.1. The van der Waals surface area contributed by atoms with Gasteiger partial charge >= 0.3 is 0 Å². The molecule has 4 rings (SSSR count). The lowest BCUT2D eigenvalue weighted by molar-refractivity contribution is -0.384. The second kappa shape index (κ2) is 9.01. The molecule has 0 unspecified atom stereocenters. The molecule has 31 heavy (non-hydrogen) atoms. The lowest BCUT2D eigenvalue weighted by atomic mass is 10.1. The van der Waals surface area contributed by atoms with E-state index in [1.807, 2.05) is 22.9 Å². The number of amides is 1. The molecule has 4 aromatic rings. The van der Waals surface area contributed by atoms with Crippen LogP contribution in [-0.2, 0) is 0 Å². The molecule has 3 heterocycles. The molecule has 0 aliphatic carbocycles. The fraction of sp³-hybridized carbons (Fsp3) is 0. The first kappa shape index (κ1) is 20.6. The van der Waals surface area contributed by atoms with E-state index >= 15 is 0 Å². The van der Waals surface area contributed by atoms with Crippen LogP contribution in [0, 0.1) is 21.4 Å². The van der Waals surface area contributed by atoms with E-state index in [9.17, 15) is 20.2 Å². The number of nitrogens with zero attached hydrogens (tertiary/aromatic N) is 3. The number of carbonyl (C=O) groups is 1. The number of aromatic nitrogens is 1. The van der Waals surface area contributed by atoms with Crippen molar-refractivity contribution in [1.29, 1.82) is 5.26 Å². The largest absolute Gasteiger partial charge is 0.311 e. The Labute approximate surface area is 188 Å². The molecule has 3 aromatic heterocycles. The molecule has 0 fully saturated rings. The summed E-state index contributed by atoms with van der Waals surface area (Å²) in [6, 6.07) is 15.4. The molecule has 0 spiro atoms. The number of nitro groups is 1. The maximum absolute atomic E-state index is 12.6. The van der Waals surface area contributed by atoms with E-state index in [1.165, 1.54) is 46.1 Å². The van der Waals surface area contributed by atoms with Crippen LogP contribution in [-0.4, -0.2) is 15.8 Å². The van der Waals surface area contributed by atoms with Crippen LogP contribution in [0.4, 0.5) is 10.7 Å². The highest BCUT2D eigenvalue weighted by molar-refractivity contribution is 7.19. The van der Waals surface area contributed by atoms with E-state index < -0.39 is 4.92 Å². The Morgan fingerprint density at radius 3 is 2.65 bits per heavy atom. The SMILES string of the molecule is N#CC(=Cc1cccc([N+](=O)[O-])c1)c1nc(-c2cccs2)c(NC(=O)c2cccs2)s1. The van der Waals surface area contributed by atoms with Crippen LogP contribution in [0.1, 0.15) is 20.2 Å². The molecule has 152 valence electrons. The van der Waals surface area contributed by atoms with Crippen LogP contribution in [0.25, 0.3) is 22.2 Å². The molecule has 0 saturated heterocycles. The van der Waals surface area contributed by atoms with E-state index in [0.717, 1.165) is 4.88 Å². The second-order valence-corrected chi connectivity index (χ2v) is 9.02. The van der Waals surface area contributed by atoms with Crippen molar-refractivity contribution in [3.63, 3.8) is 0 Å². The lowest BCUT2D eigenvalue weighted by Gasteiger charge is -2.02. The molecule has 0 bridgehead atoms. The fourth-order valence-corrected chi connectivity index (χ4v) is 5.05. The van der Waals surface area contributed by atoms with E-state index in [1.54, 1.807) is 30.3 Å². The predicted octanol–water partition coefficient (Wildman–Crippen LogP) is 6.16. The molecule has 0 atom stereocenters. The molecule has 0 aliphatic heterocycles. The Kier molecular flexibility index (Phi) is 5.99. The number of anilines is 1. The summed E-state index contributed by atoms with van der Waals surface area (Å²) in [4.78, 5) is 29.2. The number of hydrogen-bond acceptors (Lipinski definition) is 8. The van der Waals surface area contributed by atoms with E-state index in [-0.39, 0.29) is 17.2 Å². The molecule has 1 N–H and O–H groups in total. The van der Waals surface area contributed by atoms with Gasteiger partial charge in [0.05, 0.1) is 20.3 Å². The van der Waals surface area contributed by atoms with Crippen molar-refractivity contribution in [2.24, 2.45) is 0 Å². The highest BCUT2D eigenvalue weighted by Gasteiger charge is 2.19. The van der Waals surface area contributed by atoms with E-state index in [2.05, 4.69) is 16.4 Å². The van der Waals surface area contributed by atoms with Gasteiger partial charge in [-0.25, -0.2) is 4.98 Å². The summed E-state index contributed by atoms with van der Waals surface area (Å²) in [6.07, 6.45) is 1.55. The summed E-state index contributed by atoms with van der Waals surface area (Å²) < 4.78 is 0. The van der Waals surface area contributed by atoms with Gasteiger partial charge in [-0.2, -0.15) is 5.26 Å². The molecular weight excluding hydrogens is 452 g/mol. The number of allylic oxidation sites excluding steroid dienone is 1. The predicted molar refractivity (Wildman–Crippen MR) is 124 cm³/mol. The van der Waals surface area contributed by atoms with Gasteiger partial charge in [-0.15, -0.1) is 22.7 Å². The van der Waals surface area contributed by atoms with Crippen molar-refractivity contribution in [3.8, 4) is 16.6 Å². The Hall–Kier alpha value is -3.65. The van der Waals surface area contributed by atoms with Gasteiger partial charge in [-0.3, -0.25) is 14.9 Å². The molecule has 1 aromatic carbocycles. The first-order valence-electron chi connectivity index (χ1n) is 8.81. The Morgan fingerprint density at radius 1 is 1.16 bits per heavy atom. The molecule has 0 aliphatic rings. The number of thiazole rings is 1. The summed E-state index contributed by atoms with van der Waals surface area (Å²) >= 11 is 4.00. The van der Waals surface area contributed by atoms with Gasteiger partial charge in [-0.1, -0.05) is 35.6 Å². The van der Waals surface area contributed by atoms with Crippen molar-refractivity contribution in [1.82, 2.24) is 4.98 Å². The number of hydrogen-bond donors (Lipinski definition) is 1. The van der Waals surface area contributed by atoms with Crippen LogP contribution in [0.2, 0.25) is 0 Å². The summed E-state index contributed by atoms with van der Waals surface area (Å²) in [6.45, 7) is 0. The zero-order chi connectivity index (χ0) is 21.8. The number of nitriles is 1. The number of nitrogens with one attached hydrogen (secondary N) is 1. The second-order valence-electron chi connectivity index (χ2n) is 6.13. The molecule has 1 amide bonds. The number of non-ortho nitro benzene ring substituents is 1. The van der Waals surface area contributed by atoms with Gasteiger partial charge in [0.2, 0.25) is 0 Å². The summed E-state index contributed by atoms with van der Waals surface area (Å²) in [5, 5.41) is 28.3. The minimum Gasteiger partial charge on any atom is -0.311 e.